The van der Waals surface area contributed by atoms with Crippen molar-refractivity contribution in [2.75, 3.05) is 0 Å². The number of esters is 1. The van der Waals surface area contributed by atoms with E-state index in [1.54, 1.807) is 6.07 Å². The van der Waals surface area contributed by atoms with Gasteiger partial charge in [-0.3, -0.25) is 0 Å². The molecule has 1 aliphatic carbocycles. The van der Waals surface area contributed by atoms with Crippen LogP contribution in [0.5, 0.6) is 0 Å². The molecule has 1 saturated carbocycles. The van der Waals surface area contributed by atoms with Gasteiger partial charge in [0.15, 0.2) is 0 Å². The fourth-order valence-corrected chi connectivity index (χ4v) is 2.44. The number of nitrogens with two attached hydrogens (primary N) is 1. The molecule has 3 nitrogen and oxygen atoms in total. The van der Waals surface area contributed by atoms with Crippen molar-refractivity contribution >= 4 is 23.2 Å². The molecule has 0 saturated heterocycles. The van der Waals surface area contributed by atoms with Gasteiger partial charge in [0.1, 0.15) is 6.10 Å². The van der Waals surface area contributed by atoms with E-state index in [0.717, 1.165) is 31.2 Å². The zero-order valence-corrected chi connectivity index (χ0v) is 11.0. The SMILES string of the molecule is NC(=S)Cc1ccccc1C(=O)OC1CCCC1. The lowest BCUT2D eigenvalue weighted by Crippen LogP contribution is -2.18. The number of hydrogen-bond acceptors (Lipinski definition) is 3. The second kappa shape index (κ2) is 5.96. The van der Waals surface area contributed by atoms with Crippen molar-refractivity contribution < 1.29 is 9.53 Å². The summed E-state index contributed by atoms with van der Waals surface area (Å²) < 4.78 is 5.50. The van der Waals surface area contributed by atoms with Gasteiger partial charge in [0, 0.05) is 6.42 Å². The smallest absolute Gasteiger partial charge is 0.338 e. The van der Waals surface area contributed by atoms with E-state index in [9.17, 15) is 4.79 Å². The summed E-state index contributed by atoms with van der Waals surface area (Å²) in [5.41, 5.74) is 6.96. The van der Waals surface area contributed by atoms with Crippen molar-refractivity contribution in [3.8, 4) is 0 Å². The maximum Gasteiger partial charge on any atom is 0.338 e. The van der Waals surface area contributed by atoms with E-state index in [1.165, 1.54) is 0 Å². The van der Waals surface area contributed by atoms with Crippen LogP contribution < -0.4 is 5.73 Å². The predicted octanol–water partition coefficient (Wildman–Crippen LogP) is 2.61. The first-order valence-electron chi connectivity index (χ1n) is 6.24. The lowest BCUT2D eigenvalue weighted by Gasteiger charge is -2.13. The summed E-state index contributed by atoms with van der Waals surface area (Å²) in [6, 6.07) is 7.34. The van der Waals surface area contributed by atoms with Crippen LogP contribution in [-0.2, 0) is 11.2 Å². The molecule has 96 valence electrons. The molecule has 1 aliphatic rings. The number of carbonyl (C=O) groups excluding carboxylic acids is 1. The number of thiocarbonyl (C=S) groups is 1. The Morgan fingerprint density at radius 1 is 1.33 bits per heavy atom. The molecule has 0 heterocycles. The van der Waals surface area contributed by atoms with E-state index in [0.29, 0.717) is 17.0 Å². The highest BCUT2D eigenvalue weighted by molar-refractivity contribution is 7.80. The fourth-order valence-electron chi connectivity index (χ4n) is 2.28. The Bertz CT molecular complexity index is 453. The van der Waals surface area contributed by atoms with E-state index in [4.69, 9.17) is 22.7 Å². The molecule has 4 heteroatoms. The van der Waals surface area contributed by atoms with Crippen LogP contribution in [0.25, 0.3) is 0 Å². The molecule has 18 heavy (non-hydrogen) atoms. The monoisotopic (exact) mass is 263 g/mol. The number of rotatable bonds is 4. The minimum absolute atomic E-state index is 0.0791. The van der Waals surface area contributed by atoms with Crippen LogP contribution in [-0.4, -0.2) is 17.1 Å². The molecule has 0 bridgehead atoms. The minimum Gasteiger partial charge on any atom is -0.459 e. The summed E-state index contributed by atoms with van der Waals surface area (Å²) >= 11 is 4.89. The predicted molar refractivity (Wildman–Crippen MR) is 74.6 cm³/mol. The average molecular weight is 263 g/mol. The molecule has 0 unspecified atom stereocenters. The molecule has 0 aromatic heterocycles. The lowest BCUT2D eigenvalue weighted by molar-refractivity contribution is 0.0317. The third kappa shape index (κ3) is 3.29. The summed E-state index contributed by atoms with van der Waals surface area (Å²) in [5.74, 6) is -0.256. The van der Waals surface area contributed by atoms with Gasteiger partial charge in [-0.2, -0.15) is 0 Å². The van der Waals surface area contributed by atoms with Crippen molar-refractivity contribution in [3.05, 3.63) is 35.4 Å². The zero-order valence-electron chi connectivity index (χ0n) is 10.2. The van der Waals surface area contributed by atoms with Gasteiger partial charge in [-0.15, -0.1) is 0 Å². The van der Waals surface area contributed by atoms with Gasteiger partial charge in [0.05, 0.1) is 10.6 Å². The summed E-state index contributed by atoms with van der Waals surface area (Å²) in [7, 11) is 0. The lowest BCUT2D eigenvalue weighted by atomic mass is 10.0. The maximum atomic E-state index is 12.1. The van der Waals surface area contributed by atoms with Crippen LogP contribution in [0, 0.1) is 0 Å². The summed E-state index contributed by atoms with van der Waals surface area (Å²) in [6.45, 7) is 0. The Morgan fingerprint density at radius 3 is 2.67 bits per heavy atom. The highest BCUT2D eigenvalue weighted by Crippen LogP contribution is 2.23. The van der Waals surface area contributed by atoms with Crippen LogP contribution in [0.3, 0.4) is 0 Å². The first kappa shape index (κ1) is 13.0. The fraction of sp³-hybridized carbons (Fsp3) is 0.429. The van der Waals surface area contributed by atoms with E-state index < -0.39 is 0 Å². The normalized spacial score (nSPS) is 15.6. The van der Waals surface area contributed by atoms with E-state index in [1.807, 2.05) is 18.2 Å². The van der Waals surface area contributed by atoms with Crippen molar-refractivity contribution in [1.82, 2.24) is 0 Å². The number of carbonyl (C=O) groups is 1. The van der Waals surface area contributed by atoms with Crippen molar-refractivity contribution in [2.24, 2.45) is 5.73 Å². The van der Waals surface area contributed by atoms with Crippen molar-refractivity contribution in [3.63, 3.8) is 0 Å². The number of hydrogen-bond donors (Lipinski definition) is 1. The van der Waals surface area contributed by atoms with Gasteiger partial charge in [-0.05, 0) is 37.3 Å². The summed E-state index contributed by atoms with van der Waals surface area (Å²) in [6.07, 6.45) is 4.76. The second-order valence-electron chi connectivity index (χ2n) is 4.61. The highest BCUT2D eigenvalue weighted by atomic mass is 32.1. The topological polar surface area (TPSA) is 52.3 Å². The minimum atomic E-state index is -0.256. The van der Waals surface area contributed by atoms with Gasteiger partial charge in [0.25, 0.3) is 0 Å². The van der Waals surface area contributed by atoms with Crippen LogP contribution in [0.2, 0.25) is 0 Å². The zero-order chi connectivity index (χ0) is 13.0. The quantitative estimate of drug-likeness (QED) is 0.670. The standard InChI is InChI=1S/C14H17NO2S/c15-13(18)9-10-5-1-4-8-12(10)14(16)17-11-6-2-3-7-11/h1,4-5,8,11H,2-3,6-7,9H2,(H2,15,18). The molecular weight excluding hydrogens is 246 g/mol. The van der Waals surface area contributed by atoms with Gasteiger partial charge < -0.3 is 10.5 Å². The first-order chi connectivity index (χ1) is 8.66. The maximum absolute atomic E-state index is 12.1. The van der Waals surface area contributed by atoms with Crippen LogP contribution >= 0.6 is 12.2 Å². The van der Waals surface area contributed by atoms with E-state index in [-0.39, 0.29) is 12.1 Å². The van der Waals surface area contributed by atoms with Crippen LogP contribution in [0.4, 0.5) is 0 Å². The largest absolute Gasteiger partial charge is 0.459 e. The van der Waals surface area contributed by atoms with Crippen molar-refractivity contribution in [2.45, 2.75) is 38.2 Å². The Hall–Kier alpha value is -1.42. The van der Waals surface area contributed by atoms with Crippen molar-refractivity contribution in [1.29, 1.82) is 0 Å². The van der Waals surface area contributed by atoms with Gasteiger partial charge in [0.2, 0.25) is 0 Å². The Labute approximate surface area is 112 Å². The Morgan fingerprint density at radius 2 is 2.00 bits per heavy atom. The third-order valence-electron chi connectivity index (χ3n) is 3.18. The van der Waals surface area contributed by atoms with Crippen LogP contribution in [0.15, 0.2) is 24.3 Å². The molecule has 1 fully saturated rings. The highest BCUT2D eigenvalue weighted by Gasteiger charge is 2.21. The van der Waals surface area contributed by atoms with E-state index in [2.05, 4.69) is 0 Å². The number of benzene rings is 1. The van der Waals surface area contributed by atoms with Crippen LogP contribution in [0.1, 0.15) is 41.6 Å². The Kier molecular flexibility index (Phi) is 4.31. The number of ether oxygens (including phenoxy) is 1. The Balaban J connectivity index is 2.10. The summed E-state index contributed by atoms with van der Waals surface area (Å²) in [4.78, 5) is 12.5. The molecule has 2 N–H and O–H groups in total. The molecule has 2 rings (SSSR count). The van der Waals surface area contributed by atoms with Gasteiger partial charge in [-0.25, -0.2) is 4.79 Å². The van der Waals surface area contributed by atoms with Gasteiger partial charge in [-0.1, -0.05) is 30.4 Å². The first-order valence-corrected chi connectivity index (χ1v) is 6.65. The molecule has 0 radical (unpaired) electrons. The third-order valence-corrected chi connectivity index (χ3v) is 3.32. The molecule has 0 spiro atoms. The molecule has 0 atom stereocenters. The van der Waals surface area contributed by atoms with E-state index >= 15 is 0 Å². The molecular formula is C14H17NO2S. The molecule has 1 aromatic carbocycles. The average Bonchev–Trinajstić information content (AvgIpc) is 2.81. The second-order valence-corrected chi connectivity index (χ2v) is 5.14. The summed E-state index contributed by atoms with van der Waals surface area (Å²) in [5, 5.41) is 0. The molecule has 1 aromatic rings. The molecule has 0 amide bonds. The molecule has 0 aliphatic heterocycles. The van der Waals surface area contributed by atoms with Gasteiger partial charge >= 0.3 is 5.97 Å².